The standard InChI is InChI=1S/C13H22N4O.ClH/c1-3-4-11-9-12(16-15-11)13(18)17-7-5-10(14-2)6-8-17;/h9-10,14H,3-8H2,1-2H3,(H,15,16);1H. The third kappa shape index (κ3) is 3.94. The summed E-state index contributed by atoms with van der Waals surface area (Å²) in [6.07, 6.45) is 4.05. The van der Waals surface area contributed by atoms with Gasteiger partial charge in [-0.05, 0) is 32.4 Å². The van der Waals surface area contributed by atoms with Gasteiger partial charge in [-0.1, -0.05) is 13.3 Å². The molecule has 2 N–H and O–H groups in total. The predicted octanol–water partition coefficient (Wildman–Crippen LogP) is 1.61. The van der Waals surface area contributed by atoms with Gasteiger partial charge in [-0.2, -0.15) is 5.10 Å². The highest BCUT2D eigenvalue weighted by atomic mass is 35.5. The van der Waals surface area contributed by atoms with Gasteiger partial charge < -0.3 is 10.2 Å². The van der Waals surface area contributed by atoms with Gasteiger partial charge in [0.15, 0.2) is 0 Å². The Hall–Kier alpha value is -1.07. The summed E-state index contributed by atoms with van der Waals surface area (Å²) in [7, 11) is 1.98. The zero-order valence-corrected chi connectivity index (χ0v) is 12.4. The monoisotopic (exact) mass is 286 g/mol. The second-order valence-electron chi connectivity index (χ2n) is 4.88. The molecule has 1 amide bonds. The normalized spacial score (nSPS) is 16.2. The molecule has 6 heteroatoms. The number of carbonyl (C=O) groups is 1. The van der Waals surface area contributed by atoms with E-state index in [0.29, 0.717) is 11.7 Å². The predicted molar refractivity (Wildman–Crippen MR) is 77.8 cm³/mol. The van der Waals surface area contributed by atoms with Gasteiger partial charge >= 0.3 is 0 Å². The molecule has 1 aromatic rings. The molecule has 5 nitrogen and oxygen atoms in total. The summed E-state index contributed by atoms with van der Waals surface area (Å²) < 4.78 is 0. The van der Waals surface area contributed by atoms with Gasteiger partial charge in [0.25, 0.3) is 5.91 Å². The molecule has 0 spiro atoms. The van der Waals surface area contributed by atoms with Crippen molar-refractivity contribution in [1.29, 1.82) is 0 Å². The summed E-state index contributed by atoms with van der Waals surface area (Å²) >= 11 is 0. The molecule has 1 fully saturated rings. The molecule has 2 rings (SSSR count). The van der Waals surface area contributed by atoms with E-state index in [-0.39, 0.29) is 18.3 Å². The fourth-order valence-electron chi connectivity index (χ4n) is 2.40. The highest BCUT2D eigenvalue weighted by molar-refractivity contribution is 5.92. The van der Waals surface area contributed by atoms with E-state index in [1.807, 2.05) is 18.0 Å². The number of piperidine rings is 1. The van der Waals surface area contributed by atoms with Crippen molar-refractivity contribution in [2.24, 2.45) is 0 Å². The van der Waals surface area contributed by atoms with Crippen molar-refractivity contribution in [2.45, 2.75) is 38.6 Å². The molecule has 1 aliphatic heterocycles. The number of H-pyrrole nitrogens is 1. The lowest BCUT2D eigenvalue weighted by Gasteiger charge is -2.31. The Bertz CT molecular complexity index is 399. The van der Waals surface area contributed by atoms with Gasteiger partial charge in [-0.3, -0.25) is 9.89 Å². The van der Waals surface area contributed by atoms with Gasteiger partial charge in [0.1, 0.15) is 5.69 Å². The van der Waals surface area contributed by atoms with E-state index in [2.05, 4.69) is 22.4 Å². The van der Waals surface area contributed by atoms with E-state index in [4.69, 9.17) is 0 Å². The van der Waals surface area contributed by atoms with Crippen LogP contribution >= 0.6 is 12.4 Å². The number of likely N-dealkylation sites (tertiary alicyclic amines) is 1. The summed E-state index contributed by atoms with van der Waals surface area (Å²) in [5.74, 6) is 0.0585. The molecule has 0 bridgehead atoms. The van der Waals surface area contributed by atoms with Crippen LogP contribution in [0.4, 0.5) is 0 Å². The molecule has 0 aliphatic carbocycles. The number of hydrogen-bond acceptors (Lipinski definition) is 3. The average Bonchev–Trinajstić information content (AvgIpc) is 2.87. The minimum absolute atomic E-state index is 0. The Balaban J connectivity index is 0.00000180. The van der Waals surface area contributed by atoms with Crippen molar-refractivity contribution in [3.8, 4) is 0 Å². The fourth-order valence-corrected chi connectivity index (χ4v) is 2.40. The molecule has 0 unspecified atom stereocenters. The number of aromatic amines is 1. The molecule has 19 heavy (non-hydrogen) atoms. The van der Waals surface area contributed by atoms with Gasteiger partial charge in [-0.15, -0.1) is 12.4 Å². The first-order valence-corrected chi connectivity index (χ1v) is 6.75. The third-order valence-electron chi connectivity index (χ3n) is 3.56. The van der Waals surface area contributed by atoms with Crippen molar-refractivity contribution in [1.82, 2.24) is 20.4 Å². The number of hydrogen-bond donors (Lipinski definition) is 2. The van der Waals surface area contributed by atoms with Gasteiger partial charge in [0.05, 0.1) is 0 Å². The van der Waals surface area contributed by atoms with E-state index in [0.717, 1.165) is 44.5 Å². The molecule has 2 heterocycles. The van der Waals surface area contributed by atoms with Crippen LogP contribution < -0.4 is 5.32 Å². The molecule has 1 saturated heterocycles. The number of amides is 1. The van der Waals surface area contributed by atoms with E-state index in [1.165, 1.54) is 0 Å². The maximum absolute atomic E-state index is 12.2. The molecule has 0 saturated carbocycles. The minimum Gasteiger partial charge on any atom is -0.337 e. The number of carbonyl (C=O) groups excluding carboxylic acids is 1. The highest BCUT2D eigenvalue weighted by Gasteiger charge is 2.24. The number of halogens is 1. The zero-order valence-electron chi connectivity index (χ0n) is 11.6. The molecule has 0 atom stereocenters. The highest BCUT2D eigenvalue weighted by Crippen LogP contribution is 2.13. The third-order valence-corrected chi connectivity index (χ3v) is 3.56. The summed E-state index contributed by atoms with van der Waals surface area (Å²) in [4.78, 5) is 14.1. The van der Waals surface area contributed by atoms with Gasteiger partial charge in [-0.25, -0.2) is 0 Å². The van der Waals surface area contributed by atoms with Gasteiger partial charge in [0.2, 0.25) is 0 Å². The van der Waals surface area contributed by atoms with Crippen LogP contribution in [0.15, 0.2) is 6.07 Å². The van der Waals surface area contributed by atoms with Crippen LogP contribution in [0, 0.1) is 0 Å². The lowest BCUT2D eigenvalue weighted by atomic mass is 10.1. The van der Waals surface area contributed by atoms with E-state index in [1.54, 1.807) is 0 Å². The Morgan fingerprint density at radius 3 is 2.79 bits per heavy atom. The average molecular weight is 287 g/mol. The minimum atomic E-state index is 0. The Labute approximate surface area is 120 Å². The summed E-state index contributed by atoms with van der Waals surface area (Å²) in [5, 5.41) is 10.3. The van der Waals surface area contributed by atoms with E-state index >= 15 is 0 Å². The van der Waals surface area contributed by atoms with Crippen LogP contribution in [-0.2, 0) is 6.42 Å². The second kappa shape index (κ2) is 7.50. The molecular formula is C13H23ClN4O. The Morgan fingerprint density at radius 2 is 2.21 bits per heavy atom. The van der Waals surface area contributed by atoms with Crippen LogP contribution in [0.5, 0.6) is 0 Å². The molecule has 1 aliphatic rings. The first-order valence-electron chi connectivity index (χ1n) is 6.75. The number of nitrogens with zero attached hydrogens (tertiary/aromatic N) is 2. The number of nitrogens with one attached hydrogen (secondary N) is 2. The van der Waals surface area contributed by atoms with Crippen molar-refractivity contribution < 1.29 is 4.79 Å². The van der Waals surface area contributed by atoms with Crippen LogP contribution in [0.1, 0.15) is 42.4 Å². The zero-order chi connectivity index (χ0) is 13.0. The Kier molecular flexibility index (Phi) is 6.31. The molecule has 1 aromatic heterocycles. The van der Waals surface area contributed by atoms with Crippen LogP contribution in [0.3, 0.4) is 0 Å². The summed E-state index contributed by atoms with van der Waals surface area (Å²) in [6, 6.07) is 2.43. The van der Waals surface area contributed by atoms with Crippen molar-refractivity contribution in [3.63, 3.8) is 0 Å². The molecule has 0 aromatic carbocycles. The lowest BCUT2D eigenvalue weighted by Crippen LogP contribution is -2.44. The van der Waals surface area contributed by atoms with Crippen molar-refractivity contribution in [3.05, 3.63) is 17.5 Å². The largest absolute Gasteiger partial charge is 0.337 e. The van der Waals surface area contributed by atoms with Crippen LogP contribution in [0.2, 0.25) is 0 Å². The SMILES string of the molecule is CCCc1cc(C(=O)N2CCC(NC)CC2)n[nH]1.Cl. The smallest absolute Gasteiger partial charge is 0.274 e. The van der Waals surface area contributed by atoms with Gasteiger partial charge in [0, 0.05) is 24.8 Å². The van der Waals surface area contributed by atoms with Crippen molar-refractivity contribution in [2.75, 3.05) is 20.1 Å². The summed E-state index contributed by atoms with van der Waals surface area (Å²) in [6.45, 7) is 3.76. The maximum Gasteiger partial charge on any atom is 0.274 e. The number of rotatable bonds is 4. The van der Waals surface area contributed by atoms with Crippen LogP contribution in [-0.4, -0.2) is 47.2 Å². The quantitative estimate of drug-likeness (QED) is 0.884. The summed E-state index contributed by atoms with van der Waals surface area (Å²) in [5.41, 5.74) is 1.60. The number of aryl methyl sites for hydroxylation is 1. The Morgan fingerprint density at radius 1 is 1.53 bits per heavy atom. The second-order valence-corrected chi connectivity index (χ2v) is 4.88. The maximum atomic E-state index is 12.2. The fraction of sp³-hybridized carbons (Fsp3) is 0.692. The van der Waals surface area contributed by atoms with E-state index < -0.39 is 0 Å². The molecule has 108 valence electrons. The molecular weight excluding hydrogens is 264 g/mol. The lowest BCUT2D eigenvalue weighted by molar-refractivity contribution is 0.0701. The van der Waals surface area contributed by atoms with E-state index in [9.17, 15) is 4.79 Å². The first kappa shape index (κ1) is 16.0. The topological polar surface area (TPSA) is 61.0 Å². The first-order chi connectivity index (χ1) is 8.74. The van der Waals surface area contributed by atoms with Crippen LogP contribution in [0.25, 0.3) is 0 Å². The number of aromatic nitrogens is 2. The van der Waals surface area contributed by atoms with Crippen molar-refractivity contribution >= 4 is 18.3 Å². The molecule has 0 radical (unpaired) electrons.